The number of hydrogen-bond donors (Lipinski definition) is 1. The molecule has 0 spiro atoms. The molecule has 1 aromatic heterocycles. The zero-order valence-electron chi connectivity index (χ0n) is 9.93. The van der Waals surface area contributed by atoms with Gasteiger partial charge in [-0.25, -0.2) is 0 Å². The van der Waals surface area contributed by atoms with Gasteiger partial charge in [0, 0.05) is 26.8 Å². The third-order valence-corrected chi connectivity index (χ3v) is 4.49. The summed E-state index contributed by atoms with van der Waals surface area (Å²) < 4.78 is 1.24. The second-order valence-electron chi connectivity index (χ2n) is 4.53. The van der Waals surface area contributed by atoms with Gasteiger partial charge in [-0.15, -0.1) is 11.3 Å². The molecule has 0 fully saturated rings. The van der Waals surface area contributed by atoms with Crippen LogP contribution in [0.3, 0.4) is 0 Å². The highest BCUT2D eigenvalue weighted by atomic mass is 79.9. The average Bonchev–Trinajstić information content (AvgIpc) is 2.42. The Balaban J connectivity index is 2.36. The molecule has 0 saturated heterocycles. The van der Waals surface area contributed by atoms with Crippen molar-refractivity contribution in [3.63, 3.8) is 0 Å². The first-order valence-electron chi connectivity index (χ1n) is 5.47. The minimum Gasteiger partial charge on any atom is -0.309 e. The molecular formula is C12H20BrNS. The van der Waals surface area contributed by atoms with E-state index in [1.54, 1.807) is 0 Å². The molecule has 0 aliphatic carbocycles. The van der Waals surface area contributed by atoms with Crippen LogP contribution in [0.4, 0.5) is 0 Å². The van der Waals surface area contributed by atoms with Crippen molar-refractivity contribution in [2.45, 2.75) is 46.7 Å². The Kier molecular flexibility index (Phi) is 5.30. The van der Waals surface area contributed by atoms with Crippen LogP contribution in [0.5, 0.6) is 0 Å². The van der Waals surface area contributed by atoms with E-state index < -0.39 is 0 Å². The minimum absolute atomic E-state index is 0.603. The highest BCUT2D eigenvalue weighted by Gasteiger charge is 2.06. The topological polar surface area (TPSA) is 12.0 Å². The maximum Gasteiger partial charge on any atom is 0.0314 e. The second-order valence-corrected chi connectivity index (χ2v) is 6.72. The van der Waals surface area contributed by atoms with E-state index in [1.807, 2.05) is 11.3 Å². The summed E-state index contributed by atoms with van der Waals surface area (Å²) in [5, 5.41) is 3.56. The molecule has 0 saturated carbocycles. The molecule has 0 aliphatic rings. The van der Waals surface area contributed by atoms with Crippen LogP contribution in [0, 0.1) is 12.8 Å². The Labute approximate surface area is 105 Å². The van der Waals surface area contributed by atoms with Crippen molar-refractivity contribution in [3.05, 3.63) is 20.3 Å². The number of halogens is 1. The van der Waals surface area contributed by atoms with Gasteiger partial charge < -0.3 is 5.32 Å². The van der Waals surface area contributed by atoms with Gasteiger partial charge in [0.1, 0.15) is 0 Å². The quantitative estimate of drug-likeness (QED) is 0.850. The van der Waals surface area contributed by atoms with E-state index in [2.05, 4.69) is 55.0 Å². The van der Waals surface area contributed by atoms with Gasteiger partial charge in [0.2, 0.25) is 0 Å². The lowest BCUT2D eigenvalue weighted by molar-refractivity contribution is 0.443. The number of hydrogen-bond acceptors (Lipinski definition) is 2. The molecule has 1 aromatic rings. The molecule has 3 heteroatoms. The molecular weight excluding hydrogens is 270 g/mol. The Hall–Kier alpha value is 0.140. The highest BCUT2D eigenvalue weighted by Crippen LogP contribution is 2.26. The van der Waals surface area contributed by atoms with E-state index in [1.165, 1.54) is 20.6 Å². The maximum absolute atomic E-state index is 3.56. The molecule has 0 aliphatic heterocycles. The van der Waals surface area contributed by atoms with Crippen LogP contribution in [0.15, 0.2) is 10.5 Å². The van der Waals surface area contributed by atoms with Gasteiger partial charge in [0.15, 0.2) is 0 Å². The molecule has 0 aromatic carbocycles. The highest BCUT2D eigenvalue weighted by molar-refractivity contribution is 9.10. The Morgan fingerprint density at radius 1 is 1.40 bits per heavy atom. The molecule has 1 rings (SSSR count). The molecule has 0 bridgehead atoms. The van der Waals surface area contributed by atoms with Crippen LogP contribution in [-0.4, -0.2) is 6.04 Å². The third kappa shape index (κ3) is 4.66. The van der Waals surface area contributed by atoms with Crippen LogP contribution >= 0.6 is 27.3 Å². The first kappa shape index (κ1) is 13.2. The number of nitrogens with one attached hydrogen (secondary N) is 1. The van der Waals surface area contributed by atoms with E-state index in [0.29, 0.717) is 6.04 Å². The molecule has 86 valence electrons. The Morgan fingerprint density at radius 2 is 2.07 bits per heavy atom. The summed E-state index contributed by atoms with van der Waals surface area (Å²) >= 11 is 5.41. The van der Waals surface area contributed by atoms with Crippen LogP contribution < -0.4 is 5.32 Å². The average molecular weight is 290 g/mol. The van der Waals surface area contributed by atoms with Gasteiger partial charge in [-0.3, -0.25) is 0 Å². The number of rotatable bonds is 5. The van der Waals surface area contributed by atoms with E-state index >= 15 is 0 Å². The molecule has 1 unspecified atom stereocenters. The molecule has 15 heavy (non-hydrogen) atoms. The molecule has 0 amide bonds. The lowest BCUT2D eigenvalue weighted by Gasteiger charge is -2.15. The van der Waals surface area contributed by atoms with Crippen molar-refractivity contribution >= 4 is 27.3 Å². The summed E-state index contributed by atoms with van der Waals surface area (Å²) in [7, 11) is 0. The molecule has 1 heterocycles. The predicted molar refractivity (Wildman–Crippen MR) is 72.5 cm³/mol. The van der Waals surface area contributed by atoms with Gasteiger partial charge in [-0.1, -0.05) is 13.8 Å². The summed E-state index contributed by atoms with van der Waals surface area (Å²) in [4.78, 5) is 2.78. The van der Waals surface area contributed by atoms with Crippen LogP contribution in [0.25, 0.3) is 0 Å². The van der Waals surface area contributed by atoms with E-state index in [4.69, 9.17) is 0 Å². The first-order chi connectivity index (χ1) is 6.99. The van der Waals surface area contributed by atoms with Crippen molar-refractivity contribution in [2.75, 3.05) is 0 Å². The van der Waals surface area contributed by atoms with Crippen molar-refractivity contribution in [1.82, 2.24) is 5.32 Å². The fraction of sp³-hybridized carbons (Fsp3) is 0.667. The fourth-order valence-corrected chi connectivity index (χ4v) is 3.22. The minimum atomic E-state index is 0.603. The largest absolute Gasteiger partial charge is 0.309 e. The molecule has 1 nitrogen and oxygen atoms in total. The second kappa shape index (κ2) is 6.02. The fourth-order valence-electron chi connectivity index (χ4n) is 1.67. The van der Waals surface area contributed by atoms with E-state index in [-0.39, 0.29) is 0 Å². The third-order valence-electron chi connectivity index (χ3n) is 2.36. The monoisotopic (exact) mass is 289 g/mol. The maximum atomic E-state index is 3.56. The zero-order chi connectivity index (χ0) is 11.4. The number of aryl methyl sites for hydroxylation is 1. The van der Waals surface area contributed by atoms with Gasteiger partial charge in [-0.2, -0.15) is 0 Å². The van der Waals surface area contributed by atoms with Crippen LogP contribution in [0.1, 0.15) is 36.9 Å². The summed E-state index contributed by atoms with van der Waals surface area (Å²) in [5.41, 5.74) is 0. The summed E-state index contributed by atoms with van der Waals surface area (Å²) in [6, 6.07) is 2.82. The van der Waals surface area contributed by atoms with Crippen molar-refractivity contribution in [3.8, 4) is 0 Å². The molecule has 1 N–H and O–H groups in total. The standard InChI is InChI=1S/C12H20BrNS/c1-8(2)5-9(3)14-7-11-6-12(13)10(4)15-11/h6,8-9,14H,5,7H2,1-4H3. The molecule has 1 atom stereocenters. The Bertz CT molecular complexity index is 287. The van der Waals surface area contributed by atoms with Gasteiger partial charge in [-0.05, 0) is 48.2 Å². The Morgan fingerprint density at radius 3 is 2.53 bits per heavy atom. The van der Waals surface area contributed by atoms with Gasteiger partial charge in [0.05, 0.1) is 0 Å². The van der Waals surface area contributed by atoms with E-state index in [0.717, 1.165) is 12.5 Å². The van der Waals surface area contributed by atoms with Gasteiger partial charge in [0.25, 0.3) is 0 Å². The van der Waals surface area contributed by atoms with Crippen LogP contribution in [0.2, 0.25) is 0 Å². The van der Waals surface area contributed by atoms with Crippen LogP contribution in [-0.2, 0) is 6.54 Å². The first-order valence-corrected chi connectivity index (χ1v) is 7.08. The van der Waals surface area contributed by atoms with Gasteiger partial charge >= 0.3 is 0 Å². The molecule has 0 radical (unpaired) electrons. The van der Waals surface area contributed by atoms with Crippen molar-refractivity contribution < 1.29 is 0 Å². The normalized spacial score (nSPS) is 13.5. The summed E-state index contributed by atoms with van der Waals surface area (Å²) in [6.45, 7) is 9.93. The summed E-state index contributed by atoms with van der Waals surface area (Å²) in [5.74, 6) is 0.768. The predicted octanol–water partition coefficient (Wildman–Crippen LogP) is 4.34. The SMILES string of the molecule is Cc1sc(CNC(C)CC(C)C)cc1Br. The van der Waals surface area contributed by atoms with E-state index in [9.17, 15) is 0 Å². The zero-order valence-corrected chi connectivity index (χ0v) is 12.3. The van der Waals surface area contributed by atoms with Crippen molar-refractivity contribution in [2.24, 2.45) is 5.92 Å². The summed E-state index contributed by atoms with van der Waals surface area (Å²) in [6.07, 6.45) is 1.24. The lowest BCUT2D eigenvalue weighted by atomic mass is 10.1. The van der Waals surface area contributed by atoms with Crippen molar-refractivity contribution in [1.29, 1.82) is 0 Å². The smallest absolute Gasteiger partial charge is 0.0314 e. The lowest BCUT2D eigenvalue weighted by Crippen LogP contribution is -2.26. The number of thiophene rings is 1.